The van der Waals surface area contributed by atoms with Crippen molar-refractivity contribution in [3.63, 3.8) is 0 Å². The van der Waals surface area contributed by atoms with Crippen LogP contribution in [0.4, 0.5) is 0 Å². The lowest BCUT2D eigenvalue weighted by Crippen LogP contribution is -2.34. The van der Waals surface area contributed by atoms with Gasteiger partial charge in [0.1, 0.15) is 5.78 Å². The van der Waals surface area contributed by atoms with Gasteiger partial charge in [-0.3, -0.25) is 4.79 Å². The molecule has 1 aliphatic heterocycles. The number of carbonyl (C=O) groups is 1. The molecule has 0 bridgehead atoms. The van der Waals surface area contributed by atoms with Crippen molar-refractivity contribution < 1.29 is 4.79 Å². The van der Waals surface area contributed by atoms with Gasteiger partial charge in [0.25, 0.3) is 0 Å². The number of nitrogens with one attached hydrogen (secondary N) is 1. The Hall–Kier alpha value is -1.15. The second-order valence-electron chi connectivity index (χ2n) is 6.01. The zero-order valence-electron chi connectivity index (χ0n) is 11.5. The number of piperidine rings is 1. The number of hydrogen-bond donors (Lipinski definition) is 1. The Balaban J connectivity index is 1.45. The molecule has 2 aliphatic rings. The van der Waals surface area contributed by atoms with Gasteiger partial charge < -0.3 is 5.32 Å². The van der Waals surface area contributed by atoms with Crippen LogP contribution in [0.1, 0.15) is 50.0 Å². The molecule has 1 saturated heterocycles. The van der Waals surface area contributed by atoms with Crippen molar-refractivity contribution >= 4 is 5.78 Å². The first kappa shape index (κ1) is 12.9. The van der Waals surface area contributed by atoms with Crippen molar-refractivity contribution in [1.29, 1.82) is 0 Å². The Morgan fingerprint density at radius 3 is 2.79 bits per heavy atom. The van der Waals surface area contributed by atoms with Crippen LogP contribution >= 0.6 is 0 Å². The fraction of sp³-hybridized carbons (Fsp3) is 0.588. The molecule has 0 spiro atoms. The fourth-order valence-corrected chi connectivity index (χ4v) is 3.29. The minimum Gasteiger partial charge on any atom is -0.314 e. The molecule has 1 heterocycles. The highest BCUT2D eigenvalue weighted by atomic mass is 16.1. The van der Waals surface area contributed by atoms with E-state index in [-0.39, 0.29) is 0 Å². The van der Waals surface area contributed by atoms with E-state index in [1.165, 1.54) is 24.8 Å². The van der Waals surface area contributed by atoms with Gasteiger partial charge in [0.2, 0.25) is 0 Å². The molecule has 2 nitrogen and oxygen atoms in total. The van der Waals surface area contributed by atoms with Gasteiger partial charge in [-0.25, -0.2) is 0 Å². The molecular formula is C17H23NO. The number of carbonyl (C=O) groups excluding carboxylic acids is 1. The van der Waals surface area contributed by atoms with Gasteiger partial charge in [-0.1, -0.05) is 36.8 Å². The molecule has 0 amide bonds. The van der Waals surface area contributed by atoms with Crippen molar-refractivity contribution in [2.45, 2.75) is 50.5 Å². The maximum absolute atomic E-state index is 12.2. The molecule has 3 atom stereocenters. The van der Waals surface area contributed by atoms with E-state index in [1.54, 1.807) is 0 Å². The van der Waals surface area contributed by atoms with Crippen LogP contribution in [0.2, 0.25) is 0 Å². The second-order valence-corrected chi connectivity index (χ2v) is 6.01. The first-order chi connectivity index (χ1) is 9.34. The summed E-state index contributed by atoms with van der Waals surface area (Å²) in [5.41, 5.74) is 1.34. The average molecular weight is 257 g/mol. The lowest BCUT2D eigenvalue weighted by atomic mass is 9.97. The molecular weight excluding hydrogens is 234 g/mol. The number of benzene rings is 1. The predicted molar refractivity (Wildman–Crippen MR) is 77.2 cm³/mol. The first-order valence-corrected chi connectivity index (χ1v) is 7.65. The Morgan fingerprint density at radius 2 is 2.05 bits per heavy atom. The summed E-state index contributed by atoms with van der Waals surface area (Å²) in [4.78, 5) is 12.2. The van der Waals surface area contributed by atoms with Crippen LogP contribution in [-0.2, 0) is 4.79 Å². The summed E-state index contributed by atoms with van der Waals surface area (Å²) in [6, 6.07) is 11.1. The Kier molecular flexibility index (Phi) is 3.97. The summed E-state index contributed by atoms with van der Waals surface area (Å²) >= 11 is 0. The third kappa shape index (κ3) is 3.24. The molecule has 2 heteroatoms. The molecule has 2 fully saturated rings. The van der Waals surface area contributed by atoms with Gasteiger partial charge in [0, 0.05) is 18.4 Å². The summed E-state index contributed by atoms with van der Waals surface area (Å²) in [6.07, 6.45) is 6.74. The molecule has 0 aromatic heterocycles. The molecule has 0 radical (unpaired) electrons. The van der Waals surface area contributed by atoms with Crippen LogP contribution in [0, 0.1) is 5.92 Å². The quantitative estimate of drug-likeness (QED) is 0.877. The number of rotatable bonds is 5. The molecule has 1 saturated carbocycles. The lowest BCUT2D eigenvalue weighted by molar-refractivity contribution is -0.120. The SMILES string of the molecule is O=C(CCC1CCCCN1)C1CC1c1ccccc1. The summed E-state index contributed by atoms with van der Waals surface area (Å²) in [7, 11) is 0. The maximum atomic E-state index is 12.2. The van der Waals surface area contributed by atoms with Crippen LogP contribution in [0.3, 0.4) is 0 Å². The highest BCUT2D eigenvalue weighted by molar-refractivity contribution is 5.85. The Morgan fingerprint density at radius 1 is 1.21 bits per heavy atom. The van der Waals surface area contributed by atoms with Gasteiger partial charge in [-0.05, 0) is 43.7 Å². The van der Waals surface area contributed by atoms with Crippen LogP contribution < -0.4 is 5.32 Å². The largest absolute Gasteiger partial charge is 0.314 e. The normalized spacial score (nSPS) is 30.0. The van der Waals surface area contributed by atoms with Gasteiger partial charge >= 0.3 is 0 Å². The lowest BCUT2D eigenvalue weighted by Gasteiger charge is -2.23. The molecule has 3 rings (SSSR count). The highest BCUT2D eigenvalue weighted by Gasteiger charge is 2.43. The minimum absolute atomic E-state index is 0.311. The molecule has 102 valence electrons. The highest BCUT2D eigenvalue weighted by Crippen LogP contribution is 2.48. The van der Waals surface area contributed by atoms with E-state index in [9.17, 15) is 4.79 Å². The molecule has 1 aliphatic carbocycles. The van der Waals surface area contributed by atoms with E-state index in [4.69, 9.17) is 0 Å². The first-order valence-electron chi connectivity index (χ1n) is 7.65. The topological polar surface area (TPSA) is 29.1 Å². The fourth-order valence-electron chi connectivity index (χ4n) is 3.29. The molecule has 3 unspecified atom stereocenters. The Labute approximate surface area is 115 Å². The standard InChI is InChI=1S/C17H23NO/c19-17(10-9-14-8-4-5-11-18-14)16-12-15(16)13-6-2-1-3-7-13/h1-3,6-7,14-16,18H,4-5,8-12H2. The smallest absolute Gasteiger partial charge is 0.136 e. The van der Waals surface area contributed by atoms with Crippen LogP contribution in [0.15, 0.2) is 30.3 Å². The summed E-state index contributed by atoms with van der Waals surface area (Å²) in [6.45, 7) is 1.13. The number of Topliss-reactive ketones (excluding diaryl/α,β-unsaturated/α-hetero) is 1. The average Bonchev–Trinajstić information content (AvgIpc) is 3.27. The van der Waals surface area contributed by atoms with E-state index in [0.717, 1.165) is 25.8 Å². The van der Waals surface area contributed by atoms with Crippen molar-refractivity contribution in [3.8, 4) is 0 Å². The van der Waals surface area contributed by atoms with E-state index in [0.29, 0.717) is 23.7 Å². The van der Waals surface area contributed by atoms with Crippen LogP contribution in [-0.4, -0.2) is 18.4 Å². The van der Waals surface area contributed by atoms with Crippen molar-refractivity contribution in [2.75, 3.05) is 6.54 Å². The zero-order chi connectivity index (χ0) is 13.1. The summed E-state index contributed by atoms with van der Waals surface area (Å²) < 4.78 is 0. The third-order valence-electron chi connectivity index (χ3n) is 4.58. The number of ketones is 1. The maximum Gasteiger partial charge on any atom is 0.136 e. The Bertz CT molecular complexity index is 422. The van der Waals surface area contributed by atoms with E-state index >= 15 is 0 Å². The van der Waals surface area contributed by atoms with Gasteiger partial charge in [0.05, 0.1) is 0 Å². The van der Waals surface area contributed by atoms with E-state index < -0.39 is 0 Å². The predicted octanol–water partition coefficient (Wildman–Crippen LogP) is 3.28. The summed E-state index contributed by atoms with van der Waals surface area (Å²) in [5.74, 6) is 1.31. The minimum atomic E-state index is 0.311. The van der Waals surface area contributed by atoms with Crippen molar-refractivity contribution in [2.24, 2.45) is 5.92 Å². The second kappa shape index (κ2) is 5.87. The van der Waals surface area contributed by atoms with Crippen molar-refractivity contribution in [1.82, 2.24) is 5.32 Å². The zero-order valence-corrected chi connectivity index (χ0v) is 11.5. The number of hydrogen-bond acceptors (Lipinski definition) is 2. The van der Waals surface area contributed by atoms with Crippen LogP contribution in [0.25, 0.3) is 0 Å². The van der Waals surface area contributed by atoms with Crippen molar-refractivity contribution in [3.05, 3.63) is 35.9 Å². The van der Waals surface area contributed by atoms with E-state index in [2.05, 4.69) is 29.6 Å². The molecule has 1 N–H and O–H groups in total. The van der Waals surface area contributed by atoms with Gasteiger partial charge in [-0.15, -0.1) is 0 Å². The summed E-state index contributed by atoms with van der Waals surface area (Å²) in [5, 5.41) is 3.52. The van der Waals surface area contributed by atoms with Gasteiger partial charge in [-0.2, -0.15) is 0 Å². The monoisotopic (exact) mass is 257 g/mol. The molecule has 19 heavy (non-hydrogen) atoms. The van der Waals surface area contributed by atoms with Gasteiger partial charge in [0.15, 0.2) is 0 Å². The third-order valence-corrected chi connectivity index (χ3v) is 4.58. The molecule has 1 aromatic carbocycles. The van der Waals surface area contributed by atoms with Crippen LogP contribution in [0.5, 0.6) is 0 Å². The molecule has 1 aromatic rings. The van der Waals surface area contributed by atoms with E-state index in [1.807, 2.05) is 6.07 Å².